The van der Waals surface area contributed by atoms with Crippen molar-refractivity contribution in [3.63, 3.8) is 0 Å². The average Bonchev–Trinajstić information content (AvgIpc) is 2.70. The Hall–Kier alpha value is -0.860. The van der Waals surface area contributed by atoms with Gasteiger partial charge in [-0.1, -0.05) is 43.7 Å². The Morgan fingerprint density at radius 3 is 2.46 bits per heavy atom. The van der Waals surface area contributed by atoms with Gasteiger partial charge in [0.25, 0.3) is 0 Å². The number of hydrogen-bond donors (Lipinski definition) is 3. The standard InChI is InChI=1S/C22H37N3O2.HI/c1-5-22(26,6-2)16-25-21(23-7-3)24-15-19-9-8-14-27-20(19)18-12-10-17(4)11-13-18;/h10-13,19-20,26H,5-9,14-16H2,1-4H3,(H2,23,24,25);1H. The van der Waals surface area contributed by atoms with Crippen molar-refractivity contribution < 1.29 is 9.84 Å². The maximum atomic E-state index is 10.5. The Bertz CT molecular complexity index is 588. The molecule has 1 aromatic rings. The lowest BCUT2D eigenvalue weighted by Gasteiger charge is -2.33. The lowest BCUT2D eigenvalue weighted by molar-refractivity contribution is -0.0265. The van der Waals surface area contributed by atoms with Crippen LogP contribution in [0, 0.1) is 12.8 Å². The van der Waals surface area contributed by atoms with Crippen molar-refractivity contribution in [2.45, 2.75) is 65.1 Å². The van der Waals surface area contributed by atoms with Gasteiger partial charge in [-0.05, 0) is 45.1 Å². The fourth-order valence-electron chi connectivity index (χ4n) is 3.45. The number of aliphatic imine (C=N–C) groups is 1. The molecule has 1 aliphatic rings. The molecule has 5 nitrogen and oxygen atoms in total. The van der Waals surface area contributed by atoms with Crippen LogP contribution in [0.1, 0.15) is 63.7 Å². The van der Waals surface area contributed by atoms with Crippen LogP contribution < -0.4 is 10.6 Å². The molecule has 28 heavy (non-hydrogen) atoms. The second-order valence-electron chi connectivity index (χ2n) is 7.61. The first-order valence-corrected chi connectivity index (χ1v) is 10.4. The largest absolute Gasteiger partial charge is 0.388 e. The highest BCUT2D eigenvalue weighted by Crippen LogP contribution is 2.33. The molecule has 0 aromatic heterocycles. The highest BCUT2D eigenvalue weighted by atomic mass is 127. The van der Waals surface area contributed by atoms with Gasteiger partial charge in [-0.3, -0.25) is 4.99 Å². The van der Waals surface area contributed by atoms with E-state index in [1.807, 2.05) is 13.8 Å². The van der Waals surface area contributed by atoms with Crippen molar-refractivity contribution in [3.8, 4) is 0 Å². The summed E-state index contributed by atoms with van der Waals surface area (Å²) < 4.78 is 6.12. The van der Waals surface area contributed by atoms with Gasteiger partial charge in [0.05, 0.1) is 18.2 Å². The van der Waals surface area contributed by atoms with E-state index in [2.05, 4.69) is 53.7 Å². The van der Waals surface area contributed by atoms with Gasteiger partial charge >= 0.3 is 0 Å². The first kappa shape index (κ1) is 25.2. The van der Waals surface area contributed by atoms with E-state index in [-0.39, 0.29) is 30.1 Å². The van der Waals surface area contributed by atoms with E-state index in [0.29, 0.717) is 25.3 Å². The fourth-order valence-corrected chi connectivity index (χ4v) is 3.45. The summed E-state index contributed by atoms with van der Waals surface area (Å²) in [5, 5.41) is 17.3. The van der Waals surface area contributed by atoms with Crippen molar-refractivity contribution in [1.82, 2.24) is 10.6 Å². The van der Waals surface area contributed by atoms with E-state index in [0.717, 1.165) is 38.5 Å². The molecule has 1 aromatic carbocycles. The fraction of sp³-hybridized carbons (Fsp3) is 0.682. The predicted octanol–water partition coefficient (Wildman–Crippen LogP) is 4.19. The number of halogens is 1. The van der Waals surface area contributed by atoms with Gasteiger partial charge in [-0.2, -0.15) is 0 Å². The maximum absolute atomic E-state index is 10.5. The van der Waals surface area contributed by atoms with E-state index in [9.17, 15) is 5.11 Å². The van der Waals surface area contributed by atoms with E-state index >= 15 is 0 Å². The molecule has 3 N–H and O–H groups in total. The summed E-state index contributed by atoms with van der Waals surface area (Å²) in [6, 6.07) is 8.67. The van der Waals surface area contributed by atoms with Crippen molar-refractivity contribution in [2.24, 2.45) is 10.9 Å². The minimum absolute atomic E-state index is 0. The molecule has 160 valence electrons. The first-order chi connectivity index (χ1) is 13.0. The Kier molecular flexibility index (Phi) is 11.4. The first-order valence-electron chi connectivity index (χ1n) is 10.4. The summed E-state index contributed by atoms with van der Waals surface area (Å²) in [5.74, 6) is 1.17. The van der Waals surface area contributed by atoms with Crippen molar-refractivity contribution in [1.29, 1.82) is 0 Å². The summed E-state index contributed by atoms with van der Waals surface area (Å²) in [6.45, 7) is 11.0. The van der Waals surface area contributed by atoms with Crippen LogP contribution in [0.25, 0.3) is 0 Å². The number of aryl methyl sites for hydroxylation is 1. The minimum Gasteiger partial charge on any atom is -0.388 e. The van der Waals surface area contributed by atoms with E-state index < -0.39 is 5.60 Å². The van der Waals surface area contributed by atoms with Gasteiger partial charge in [0.15, 0.2) is 5.96 Å². The number of guanidine groups is 1. The number of nitrogens with zero attached hydrogens (tertiary/aromatic N) is 1. The summed E-state index contributed by atoms with van der Waals surface area (Å²) in [6.07, 6.45) is 3.77. The average molecular weight is 503 g/mol. The number of nitrogens with one attached hydrogen (secondary N) is 2. The highest BCUT2D eigenvalue weighted by Gasteiger charge is 2.28. The number of aliphatic hydroxyl groups is 1. The molecule has 0 spiro atoms. The topological polar surface area (TPSA) is 65.9 Å². The zero-order valence-electron chi connectivity index (χ0n) is 17.8. The number of ether oxygens (including phenoxy) is 1. The Balaban J connectivity index is 0.00000392. The lowest BCUT2D eigenvalue weighted by atomic mass is 9.89. The molecule has 2 unspecified atom stereocenters. The van der Waals surface area contributed by atoms with Crippen LogP contribution in [0.3, 0.4) is 0 Å². The zero-order chi connectivity index (χ0) is 19.7. The van der Waals surface area contributed by atoms with Gasteiger partial charge < -0.3 is 20.5 Å². The van der Waals surface area contributed by atoms with Crippen LogP contribution in [0.15, 0.2) is 29.3 Å². The molecule has 0 bridgehead atoms. The second-order valence-corrected chi connectivity index (χ2v) is 7.61. The molecule has 1 saturated heterocycles. The second kappa shape index (κ2) is 12.6. The molecule has 6 heteroatoms. The lowest BCUT2D eigenvalue weighted by Crippen LogP contribution is -2.43. The van der Waals surface area contributed by atoms with Crippen LogP contribution >= 0.6 is 24.0 Å². The van der Waals surface area contributed by atoms with Gasteiger partial charge in [0, 0.05) is 25.6 Å². The normalized spacial score (nSPS) is 20.4. The van der Waals surface area contributed by atoms with Crippen molar-refractivity contribution >= 4 is 29.9 Å². The van der Waals surface area contributed by atoms with Gasteiger partial charge in [0.1, 0.15) is 0 Å². The third-order valence-corrected chi connectivity index (χ3v) is 5.57. The third-order valence-electron chi connectivity index (χ3n) is 5.57. The SMILES string of the molecule is CCNC(=NCC(O)(CC)CC)NCC1CCCOC1c1ccc(C)cc1.I. The van der Waals surface area contributed by atoms with Crippen LogP contribution in [0.5, 0.6) is 0 Å². The molecule has 2 rings (SSSR count). The molecular weight excluding hydrogens is 465 g/mol. The Morgan fingerprint density at radius 1 is 1.18 bits per heavy atom. The molecule has 0 aliphatic carbocycles. The zero-order valence-corrected chi connectivity index (χ0v) is 20.2. The monoisotopic (exact) mass is 503 g/mol. The van der Waals surface area contributed by atoms with Crippen molar-refractivity contribution in [3.05, 3.63) is 35.4 Å². The molecule has 1 heterocycles. The maximum Gasteiger partial charge on any atom is 0.191 e. The van der Waals surface area contributed by atoms with E-state index in [1.165, 1.54) is 11.1 Å². The summed E-state index contributed by atoms with van der Waals surface area (Å²) in [4.78, 5) is 4.62. The van der Waals surface area contributed by atoms with Gasteiger partial charge in [-0.15, -0.1) is 24.0 Å². The van der Waals surface area contributed by atoms with E-state index in [4.69, 9.17) is 4.74 Å². The molecule has 1 aliphatic heterocycles. The van der Waals surface area contributed by atoms with Crippen LogP contribution in [0.2, 0.25) is 0 Å². The Morgan fingerprint density at radius 2 is 1.86 bits per heavy atom. The molecule has 1 fully saturated rings. The molecule has 2 atom stereocenters. The third kappa shape index (κ3) is 7.52. The van der Waals surface area contributed by atoms with E-state index in [1.54, 1.807) is 0 Å². The highest BCUT2D eigenvalue weighted by molar-refractivity contribution is 14.0. The van der Waals surface area contributed by atoms with Crippen LogP contribution in [-0.2, 0) is 4.74 Å². The number of benzene rings is 1. The molecule has 0 radical (unpaired) electrons. The molecular formula is C22H38IN3O2. The van der Waals surface area contributed by atoms with Crippen LogP contribution in [0.4, 0.5) is 0 Å². The number of rotatable bonds is 8. The quantitative estimate of drug-likeness (QED) is 0.283. The molecule has 0 amide bonds. The van der Waals surface area contributed by atoms with Crippen molar-refractivity contribution in [2.75, 3.05) is 26.2 Å². The summed E-state index contributed by atoms with van der Waals surface area (Å²) in [7, 11) is 0. The minimum atomic E-state index is -0.721. The summed E-state index contributed by atoms with van der Waals surface area (Å²) in [5.41, 5.74) is 1.80. The van der Waals surface area contributed by atoms with Crippen LogP contribution in [-0.4, -0.2) is 42.9 Å². The smallest absolute Gasteiger partial charge is 0.191 e. The van der Waals surface area contributed by atoms with Gasteiger partial charge in [-0.25, -0.2) is 0 Å². The van der Waals surface area contributed by atoms with Gasteiger partial charge in [0.2, 0.25) is 0 Å². The predicted molar refractivity (Wildman–Crippen MR) is 128 cm³/mol. The number of hydrogen-bond acceptors (Lipinski definition) is 3. The Labute approximate surface area is 187 Å². The molecule has 0 saturated carbocycles. The summed E-state index contributed by atoms with van der Waals surface area (Å²) >= 11 is 0.